The number of anilines is 1. The minimum atomic E-state index is -3.51. The summed E-state index contributed by atoms with van der Waals surface area (Å²) >= 11 is 0. The maximum absolute atomic E-state index is 12.4. The van der Waals surface area contributed by atoms with Gasteiger partial charge in [0.1, 0.15) is 4.90 Å². The highest BCUT2D eigenvalue weighted by atomic mass is 32.2. The van der Waals surface area contributed by atoms with Crippen molar-refractivity contribution < 1.29 is 8.42 Å². The van der Waals surface area contributed by atoms with Crippen molar-refractivity contribution in [1.82, 2.24) is 19.2 Å². The van der Waals surface area contributed by atoms with Gasteiger partial charge in [0, 0.05) is 26.2 Å². The molecule has 112 valence electrons. The van der Waals surface area contributed by atoms with Crippen LogP contribution in [0.2, 0.25) is 0 Å². The van der Waals surface area contributed by atoms with Gasteiger partial charge in [0.15, 0.2) is 0 Å². The normalized spacial score (nSPS) is 18.1. The van der Waals surface area contributed by atoms with Crippen LogP contribution in [0.3, 0.4) is 0 Å². The van der Waals surface area contributed by atoms with Crippen molar-refractivity contribution in [3.05, 3.63) is 12.4 Å². The fourth-order valence-electron chi connectivity index (χ4n) is 2.18. The van der Waals surface area contributed by atoms with Gasteiger partial charge in [0.2, 0.25) is 16.0 Å². The van der Waals surface area contributed by atoms with E-state index in [4.69, 9.17) is 5.84 Å². The van der Waals surface area contributed by atoms with Crippen LogP contribution in [0, 0.1) is 0 Å². The van der Waals surface area contributed by atoms with Gasteiger partial charge < -0.3 is 4.90 Å². The van der Waals surface area contributed by atoms with E-state index in [1.807, 2.05) is 0 Å². The Hall–Kier alpha value is -1.29. The van der Waals surface area contributed by atoms with E-state index in [0.717, 1.165) is 26.1 Å². The van der Waals surface area contributed by atoms with Crippen molar-refractivity contribution >= 4 is 16.0 Å². The standard InChI is InChI=1S/C11H20N6O2S/c1-2-3-16-4-6-17(7-5-16)20(18,19)10-8-13-11(15-12)14-9-10/h8-9H,2-7,12H2,1H3,(H,13,14,15). The number of nitrogens with two attached hydrogens (primary N) is 1. The van der Waals surface area contributed by atoms with E-state index in [0.29, 0.717) is 13.1 Å². The monoisotopic (exact) mass is 300 g/mol. The van der Waals surface area contributed by atoms with Gasteiger partial charge in [0.25, 0.3) is 0 Å². The molecule has 9 heteroatoms. The fraction of sp³-hybridized carbons (Fsp3) is 0.636. The molecule has 0 spiro atoms. The Bertz CT molecular complexity index is 524. The molecule has 1 fully saturated rings. The van der Waals surface area contributed by atoms with Gasteiger partial charge in [-0.15, -0.1) is 0 Å². The van der Waals surface area contributed by atoms with Crippen LogP contribution >= 0.6 is 0 Å². The van der Waals surface area contributed by atoms with E-state index in [9.17, 15) is 8.42 Å². The molecule has 0 unspecified atom stereocenters. The summed E-state index contributed by atoms with van der Waals surface area (Å²) in [5.74, 6) is 5.35. The molecule has 0 aromatic carbocycles. The number of nitrogens with zero attached hydrogens (tertiary/aromatic N) is 4. The number of hydrazine groups is 1. The van der Waals surface area contributed by atoms with Gasteiger partial charge in [-0.25, -0.2) is 24.2 Å². The average molecular weight is 300 g/mol. The highest BCUT2D eigenvalue weighted by molar-refractivity contribution is 7.89. The Labute approximate surface area is 119 Å². The maximum atomic E-state index is 12.4. The van der Waals surface area contributed by atoms with Gasteiger partial charge in [-0.1, -0.05) is 6.92 Å². The smallest absolute Gasteiger partial charge is 0.246 e. The second kappa shape index (κ2) is 6.44. The Kier molecular flexibility index (Phi) is 4.86. The second-order valence-electron chi connectivity index (χ2n) is 4.63. The van der Waals surface area contributed by atoms with Crippen LogP contribution in [-0.2, 0) is 10.0 Å². The van der Waals surface area contributed by atoms with Crippen LogP contribution in [0.5, 0.6) is 0 Å². The van der Waals surface area contributed by atoms with E-state index in [2.05, 4.69) is 27.2 Å². The van der Waals surface area contributed by atoms with Crippen LogP contribution in [0.25, 0.3) is 0 Å². The van der Waals surface area contributed by atoms with Crippen molar-refractivity contribution in [2.24, 2.45) is 5.84 Å². The minimum Gasteiger partial charge on any atom is -0.301 e. The maximum Gasteiger partial charge on any atom is 0.246 e. The summed E-state index contributed by atoms with van der Waals surface area (Å²) in [4.78, 5) is 10.0. The lowest BCUT2D eigenvalue weighted by Crippen LogP contribution is -2.48. The molecule has 0 amide bonds. The minimum absolute atomic E-state index is 0.0976. The van der Waals surface area contributed by atoms with Gasteiger partial charge >= 0.3 is 0 Å². The fourth-order valence-corrected chi connectivity index (χ4v) is 3.50. The molecule has 0 bridgehead atoms. The van der Waals surface area contributed by atoms with E-state index in [1.165, 1.54) is 16.7 Å². The number of sulfonamides is 1. The van der Waals surface area contributed by atoms with Crippen molar-refractivity contribution in [1.29, 1.82) is 0 Å². The Morgan fingerprint density at radius 3 is 2.35 bits per heavy atom. The van der Waals surface area contributed by atoms with Crippen LogP contribution < -0.4 is 11.3 Å². The molecule has 2 rings (SSSR count). The first-order chi connectivity index (χ1) is 9.57. The largest absolute Gasteiger partial charge is 0.301 e. The van der Waals surface area contributed by atoms with Gasteiger partial charge in [-0.2, -0.15) is 4.31 Å². The summed E-state index contributed by atoms with van der Waals surface area (Å²) in [7, 11) is -3.51. The zero-order valence-electron chi connectivity index (χ0n) is 11.5. The summed E-state index contributed by atoms with van der Waals surface area (Å²) in [5.41, 5.74) is 2.27. The third kappa shape index (κ3) is 3.23. The lowest BCUT2D eigenvalue weighted by molar-refractivity contribution is 0.188. The van der Waals surface area contributed by atoms with E-state index in [1.54, 1.807) is 0 Å². The molecule has 1 aromatic heterocycles. The second-order valence-corrected chi connectivity index (χ2v) is 6.57. The molecule has 1 aromatic rings. The van der Waals surface area contributed by atoms with Gasteiger partial charge in [0.05, 0.1) is 12.4 Å². The number of nitrogen functional groups attached to an aromatic ring is 1. The molecule has 1 saturated heterocycles. The molecule has 1 aliphatic heterocycles. The first kappa shape index (κ1) is 15.1. The SMILES string of the molecule is CCCN1CCN(S(=O)(=O)c2cnc(NN)nc2)CC1. The first-order valence-corrected chi connectivity index (χ1v) is 8.03. The lowest BCUT2D eigenvalue weighted by atomic mass is 10.3. The van der Waals surface area contributed by atoms with Crippen LogP contribution in [-0.4, -0.2) is 60.3 Å². The van der Waals surface area contributed by atoms with Crippen molar-refractivity contribution in [3.8, 4) is 0 Å². The molecule has 3 N–H and O–H groups in total. The summed E-state index contributed by atoms with van der Waals surface area (Å²) in [6, 6.07) is 0. The summed E-state index contributed by atoms with van der Waals surface area (Å²) < 4.78 is 26.3. The number of hydrogen-bond donors (Lipinski definition) is 2. The molecular weight excluding hydrogens is 280 g/mol. The Balaban J connectivity index is 2.07. The third-order valence-electron chi connectivity index (χ3n) is 3.27. The number of nitrogens with one attached hydrogen (secondary N) is 1. The molecule has 20 heavy (non-hydrogen) atoms. The molecule has 0 saturated carbocycles. The zero-order valence-corrected chi connectivity index (χ0v) is 12.3. The van der Waals surface area contributed by atoms with Crippen LogP contribution in [0.15, 0.2) is 17.3 Å². The lowest BCUT2D eigenvalue weighted by Gasteiger charge is -2.33. The predicted molar refractivity (Wildman–Crippen MR) is 75.3 cm³/mol. The highest BCUT2D eigenvalue weighted by Crippen LogP contribution is 2.16. The highest BCUT2D eigenvalue weighted by Gasteiger charge is 2.28. The van der Waals surface area contributed by atoms with E-state index >= 15 is 0 Å². The molecule has 2 heterocycles. The predicted octanol–water partition coefficient (Wildman–Crippen LogP) is -0.521. The average Bonchev–Trinajstić information content (AvgIpc) is 2.48. The van der Waals surface area contributed by atoms with E-state index < -0.39 is 10.0 Å². The number of aromatic nitrogens is 2. The molecule has 0 atom stereocenters. The summed E-state index contributed by atoms with van der Waals surface area (Å²) in [5, 5.41) is 0. The molecule has 0 aliphatic carbocycles. The zero-order chi connectivity index (χ0) is 14.6. The molecular formula is C11H20N6O2S. The number of piperazine rings is 1. The molecule has 8 nitrogen and oxygen atoms in total. The Morgan fingerprint density at radius 1 is 1.25 bits per heavy atom. The van der Waals surface area contributed by atoms with Gasteiger partial charge in [-0.05, 0) is 13.0 Å². The van der Waals surface area contributed by atoms with E-state index in [-0.39, 0.29) is 10.8 Å². The quantitative estimate of drug-likeness (QED) is 0.557. The first-order valence-electron chi connectivity index (χ1n) is 6.59. The van der Waals surface area contributed by atoms with Crippen molar-refractivity contribution in [2.75, 3.05) is 38.1 Å². The number of hydrogen-bond acceptors (Lipinski definition) is 7. The Morgan fingerprint density at radius 2 is 1.85 bits per heavy atom. The summed E-state index contributed by atoms with van der Waals surface area (Å²) in [6.07, 6.45) is 3.63. The molecule has 0 radical (unpaired) electrons. The van der Waals surface area contributed by atoms with Crippen molar-refractivity contribution in [3.63, 3.8) is 0 Å². The van der Waals surface area contributed by atoms with Crippen LogP contribution in [0.4, 0.5) is 5.95 Å². The summed E-state index contributed by atoms with van der Waals surface area (Å²) in [6.45, 7) is 5.65. The van der Waals surface area contributed by atoms with Gasteiger partial charge in [-0.3, -0.25) is 5.43 Å². The molecule has 1 aliphatic rings. The van der Waals surface area contributed by atoms with Crippen LogP contribution in [0.1, 0.15) is 13.3 Å². The topological polar surface area (TPSA) is 104 Å². The number of rotatable bonds is 5. The third-order valence-corrected chi connectivity index (χ3v) is 5.12. The van der Waals surface area contributed by atoms with Crippen molar-refractivity contribution in [2.45, 2.75) is 18.2 Å².